The number of anilines is 1. The number of nitrogens with zero attached hydrogens (tertiary/aromatic N) is 1. The first-order chi connectivity index (χ1) is 10.1. The molecule has 0 bridgehead atoms. The molecule has 1 amide bonds. The van der Waals surface area contributed by atoms with Gasteiger partial charge in [0.05, 0.1) is 10.9 Å². The third-order valence-electron chi connectivity index (χ3n) is 2.59. The molecule has 0 saturated carbocycles. The average Bonchev–Trinajstić information content (AvgIpc) is 2.90. The van der Waals surface area contributed by atoms with Crippen LogP contribution in [0.2, 0.25) is 0 Å². The second-order valence-corrected chi connectivity index (χ2v) is 6.49. The summed E-state index contributed by atoms with van der Waals surface area (Å²) in [6.45, 7) is 0. The molecule has 1 heterocycles. The first-order valence-corrected chi connectivity index (χ1v) is 7.56. The number of nitrogens with one attached hydrogen (secondary N) is 1. The highest BCUT2D eigenvalue weighted by Crippen LogP contribution is 2.24. The van der Waals surface area contributed by atoms with Crippen LogP contribution < -0.4 is 10.1 Å². The van der Waals surface area contributed by atoms with Crippen LogP contribution in [0.3, 0.4) is 0 Å². The molecule has 1 aromatic carbocycles. The Morgan fingerprint density at radius 1 is 1.33 bits per heavy atom. The number of rotatable bonds is 4. The van der Waals surface area contributed by atoms with E-state index in [0.717, 1.165) is 8.66 Å². The molecule has 0 aliphatic carbocycles. The second-order valence-electron chi connectivity index (χ2n) is 3.99. The molecule has 0 radical (unpaired) electrons. The highest BCUT2D eigenvalue weighted by molar-refractivity contribution is 9.11. The van der Waals surface area contributed by atoms with Crippen molar-refractivity contribution in [1.82, 2.24) is 0 Å². The van der Waals surface area contributed by atoms with Crippen LogP contribution in [0.25, 0.3) is 6.08 Å². The van der Waals surface area contributed by atoms with Crippen LogP contribution in [0, 0.1) is 11.3 Å². The smallest absolute Gasteiger partial charge is 0.266 e. The van der Waals surface area contributed by atoms with Crippen LogP contribution in [-0.4, -0.2) is 13.0 Å². The Hall–Kier alpha value is -2.10. The summed E-state index contributed by atoms with van der Waals surface area (Å²) in [6, 6.07) is 12.5. The fourth-order valence-electron chi connectivity index (χ4n) is 1.57. The van der Waals surface area contributed by atoms with E-state index in [1.165, 1.54) is 11.3 Å². The normalized spacial score (nSPS) is 10.8. The molecule has 21 heavy (non-hydrogen) atoms. The maximum atomic E-state index is 12.1. The number of nitriles is 1. The Morgan fingerprint density at radius 3 is 2.57 bits per heavy atom. The van der Waals surface area contributed by atoms with Crippen molar-refractivity contribution in [3.8, 4) is 11.8 Å². The molecule has 2 rings (SSSR count). The summed E-state index contributed by atoms with van der Waals surface area (Å²) in [4.78, 5) is 12.9. The van der Waals surface area contributed by atoms with Gasteiger partial charge in [-0.2, -0.15) is 5.26 Å². The van der Waals surface area contributed by atoms with E-state index < -0.39 is 5.91 Å². The van der Waals surface area contributed by atoms with Crippen LogP contribution in [0.4, 0.5) is 5.69 Å². The lowest BCUT2D eigenvalue weighted by atomic mass is 10.2. The summed E-state index contributed by atoms with van der Waals surface area (Å²) >= 11 is 4.80. The topological polar surface area (TPSA) is 62.1 Å². The van der Waals surface area contributed by atoms with Crippen LogP contribution >= 0.6 is 27.3 Å². The molecule has 0 saturated heterocycles. The molecule has 0 atom stereocenters. The van der Waals surface area contributed by atoms with Crippen molar-refractivity contribution in [3.05, 3.63) is 50.6 Å². The van der Waals surface area contributed by atoms with Gasteiger partial charge in [0, 0.05) is 10.6 Å². The van der Waals surface area contributed by atoms with Gasteiger partial charge in [-0.05, 0) is 58.4 Å². The van der Waals surface area contributed by atoms with Gasteiger partial charge in [-0.25, -0.2) is 0 Å². The average molecular weight is 363 g/mol. The summed E-state index contributed by atoms with van der Waals surface area (Å²) in [6.07, 6.45) is 1.56. The lowest BCUT2D eigenvalue weighted by Gasteiger charge is -2.05. The van der Waals surface area contributed by atoms with Crippen LogP contribution in [-0.2, 0) is 4.79 Å². The van der Waals surface area contributed by atoms with E-state index in [0.29, 0.717) is 11.4 Å². The summed E-state index contributed by atoms with van der Waals surface area (Å²) in [5.41, 5.74) is 0.662. The first-order valence-electron chi connectivity index (χ1n) is 5.95. The van der Waals surface area contributed by atoms with Crippen molar-refractivity contribution in [2.24, 2.45) is 0 Å². The molecule has 0 spiro atoms. The number of amides is 1. The van der Waals surface area contributed by atoms with Gasteiger partial charge in [-0.15, -0.1) is 11.3 Å². The third kappa shape index (κ3) is 4.18. The number of halogens is 1. The fourth-order valence-corrected chi connectivity index (χ4v) is 2.94. The minimum Gasteiger partial charge on any atom is -0.497 e. The Morgan fingerprint density at radius 2 is 2.05 bits per heavy atom. The summed E-state index contributed by atoms with van der Waals surface area (Å²) in [5.74, 6) is 0.264. The molecule has 4 nitrogen and oxygen atoms in total. The minimum absolute atomic E-state index is 0.0557. The van der Waals surface area contributed by atoms with Crippen LogP contribution in [0.1, 0.15) is 4.88 Å². The quantitative estimate of drug-likeness (QED) is 0.658. The summed E-state index contributed by atoms with van der Waals surface area (Å²) in [5, 5.41) is 11.8. The van der Waals surface area contributed by atoms with E-state index in [2.05, 4.69) is 21.2 Å². The molecule has 0 fully saturated rings. The maximum absolute atomic E-state index is 12.1. The van der Waals surface area contributed by atoms with Crippen LogP contribution in [0.5, 0.6) is 5.75 Å². The number of carbonyl (C=O) groups is 1. The number of hydrogen-bond acceptors (Lipinski definition) is 4. The van der Waals surface area contributed by atoms with Crippen molar-refractivity contribution in [1.29, 1.82) is 5.26 Å². The Kier molecular flexibility index (Phi) is 5.14. The van der Waals surface area contributed by atoms with Gasteiger partial charge < -0.3 is 10.1 Å². The van der Waals surface area contributed by atoms with E-state index in [4.69, 9.17) is 10.00 Å². The van der Waals surface area contributed by atoms with Crippen molar-refractivity contribution in [2.45, 2.75) is 0 Å². The number of hydrogen-bond donors (Lipinski definition) is 1. The zero-order valence-electron chi connectivity index (χ0n) is 11.1. The standard InChI is InChI=1S/C15H11BrN2O2S/c1-20-12-4-2-11(3-5-12)18-15(19)10(9-17)8-13-6-7-14(16)21-13/h2-8H,1H3,(H,18,19)/b10-8+. The number of carbonyl (C=O) groups excluding carboxylic acids is 1. The van der Waals surface area contributed by atoms with E-state index in [1.54, 1.807) is 37.5 Å². The molecule has 1 N–H and O–H groups in total. The molecule has 0 aliphatic rings. The van der Waals surface area contributed by atoms with Crippen molar-refractivity contribution >= 4 is 44.9 Å². The van der Waals surface area contributed by atoms with Crippen molar-refractivity contribution < 1.29 is 9.53 Å². The second kappa shape index (κ2) is 7.07. The van der Waals surface area contributed by atoms with Gasteiger partial charge >= 0.3 is 0 Å². The zero-order valence-corrected chi connectivity index (χ0v) is 13.5. The van der Waals surface area contributed by atoms with Gasteiger partial charge in [0.15, 0.2) is 0 Å². The lowest BCUT2D eigenvalue weighted by Crippen LogP contribution is -2.13. The Balaban J connectivity index is 2.13. The van der Waals surface area contributed by atoms with E-state index in [1.807, 2.05) is 18.2 Å². The summed E-state index contributed by atoms with van der Waals surface area (Å²) < 4.78 is 5.99. The first kappa shape index (κ1) is 15.3. The molecule has 2 aromatic rings. The monoisotopic (exact) mass is 362 g/mol. The molecule has 106 valence electrons. The van der Waals surface area contributed by atoms with Gasteiger partial charge in [0.2, 0.25) is 0 Å². The maximum Gasteiger partial charge on any atom is 0.266 e. The number of thiophene rings is 1. The highest BCUT2D eigenvalue weighted by Gasteiger charge is 2.10. The molecule has 1 aromatic heterocycles. The van der Waals surface area contributed by atoms with Crippen molar-refractivity contribution in [2.75, 3.05) is 12.4 Å². The fraction of sp³-hybridized carbons (Fsp3) is 0.0667. The van der Waals surface area contributed by atoms with Gasteiger partial charge in [0.1, 0.15) is 17.4 Å². The van der Waals surface area contributed by atoms with Gasteiger partial charge in [0.25, 0.3) is 5.91 Å². The Bertz CT molecular complexity index is 714. The van der Waals surface area contributed by atoms with Crippen LogP contribution in [0.15, 0.2) is 45.8 Å². The molecular formula is C15H11BrN2O2S. The molecule has 0 aliphatic heterocycles. The Labute approximate surface area is 134 Å². The minimum atomic E-state index is -0.438. The number of benzene rings is 1. The third-order valence-corrected chi connectivity index (χ3v) is 4.16. The molecule has 0 unspecified atom stereocenters. The van der Waals surface area contributed by atoms with E-state index in [-0.39, 0.29) is 5.57 Å². The zero-order chi connectivity index (χ0) is 15.2. The highest BCUT2D eigenvalue weighted by atomic mass is 79.9. The summed E-state index contributed by atoms with van der Waals surface area (Å²) in [7, 11) is 1.57. The van der Waals surface area contributed by atoms with E-state index in [9.17, 15) is 4.79 Å². The molecule has 6 heteroatoms. The molecular weight excluding hydrogens is 352 g/mol. The van der Waals surface area contributed by atoms with Gasteiger partial charge in [-0.3, -0.25) is 4.79 Å². The van der Waals surface area contributed by atoms with Gasteiger partial charge in [-0.1, -0.05) is 0 Å². The lowest BCUT2D eigenvalue weighted by molar-refractivity contribution is -0.112. The van der Waals surface area contributed by atoms with Crippen molar-refractivity contribution in [3.63, 3.8) is 0 Å². The predicted molar refractivity (Wildman–Crippen MR) is 87.2 cm³/mol. The number of ether oxygens (including phenoxy) is 1. The predicted octanol–water partition coefficient (Wildman–Crippen LogP) is 4.06. The van der Waals surface area contributed by atoms with E-state index >= 15 is 0 Å². The largest absolute Gasteiger partial charge is 0.497 e. The SMILES string of the molecule is COc1ccc(NC(=O)/C(C#N)=C/c2ccc(Br)s2)cc1. The number of methoxy groups -OCH3 is 1.